The molecule has 0 radical (unpaired) electrons. The molecular formula is C31H31NO10. The molecule has 0 aromatic heterocycles. The van der Waals surface area contributed by atoms with E-state index in [1.807, 2.05) is 60.7 Å². The lowest BCUT2D eigenvalue weighted by Crippen LogP contribution is -2.62. The van der Waals surface area contributed by atoms with E-state index in [4.69, 9.17) is 28.5 Å². The third-order valence-electron chi connectivity index (χ3n) is 6.92. The number of ether oxygens (including phenoxy) is 5. The number of aliphatic carboxylic acids is 1. The minimum Gasteiger partial charge on any atom is -0.480 e. The number of hydrogen-bond acceptors (Lipinski definition) is 9. The number of methoxy groups -OCH3 is 1. The molecule has 1 N–H and O–H groups in total. The van der Waals surface area contributed by atoms with Gasteiger partial charge in [-0.2, -0.15) is 0 Å². The Bertz CT molecular complexity index is 1330. The van der Waals surface area contributed by atoms with Gasteiger partial charge in [0.05, 0.1) is 24.3 Å². The van der Waals surface area contributed by atoms with E-state index in [0.717, 1.165) is 11.1 Å². The summed E-state index contributed by atoms with van der Waals surface area (Å²) < 4.78 is 30.1. The Morgan fingerprint density at radius 3 is 1.81 bits per heavy atom. The third-order valence-corrected chi connectivity index (χ3v) is 6.92. The largest absolute Gasteiger partial charge is 0.480 e. The van der Waals surface area contributed by atoms with Crippen molar-refractivity contribution in [2.24, 2.45) is 0 Å². The number of nitrogens with zero attached hydrogens (tertiary/aromatic N) is 1. The molecule has 11 heteroatoms. The van der Waals surface area contributed by atoms with Crippen molar-refractivity contribution < 1.29 is 48.0 Å². The van der Waals surface area contributed by atoms with Gasteiger partial charge in [0.2, 0.25) is 0 Å². The van der Waals surface area contributed by atoms with E-state index in [0.29, 0.717) is 5.06 Å². The Balaban J connectivity index is 1.41. The maximum atomic E-state index is 12.9. The van der Waals surface area contributed by atoms with E-state index in [2.05, 4.69) is 0 Å². The Morgan fingerprint density at radius 1 is 0.762 bits per heavy atom. The summed E-state index contributed by atoms with van der Waals surface area (Å²) in [6.45, 7) is -0.582. The van der Waals surface area contributed by atoms with Crippen LogP contribution in [0.1, 0.15) is 31.8 Å². The highest BCUT2D eigenvalue weighted by Crippen LogP contribution is 2.31. The number of amides is 2. The zero-order chi connectivity index (χ0) is 29.5. The van der Waals surface area contributed by atoms with E-state index >= 15 is 0 Å². The predicted octanol–water partition coefficient (Wildman–Crippen LogP) is 3.23. The Labute approximate surface area is 242 Å². The standard InChI is InChI=1S/C31H31NO10/c1-37-31-28(40-19-25(33)34)27(39-17-21-12-6-3-7-13-21)26(38-16-20-10-4-2-5-11-20)24(42-31)18-41-32-29(35)22-14-8-9-15-23(22)30(32)36/h2-15,24,26-28,31H,16-19H2,1H3,(H,33,34)/t24-,26-,27+,28-,31+/m1/s1. The number of rotatable bonds is 13. The van der Waals surface area contributed by atoms with Crippen LogP contribution in [0.3, 0.4) is 0 Å². The van der Waals surface area contributed by atoms with Gasteiger partial charge in [0.15, 0.2) is 6.29 Å². The summed E-state index contributed by atoms with van der Waals surface area (Å²) in [6, 6.07) is 25.3. The monoisotopic (exact) mass is 577 g/mol. The summed E-state index contributed by atoms with van der Waals surface area (Å²) in [5.41, 5.74) is 2.22. The smallest absolute Gasteiger partial charge is 0.329 e. The lowest BCUT2D eigenvalue weighted by atomic mass is 9.98. The number of carbonyl (C=O) groups is 3. The molecule has 0 spiro atoms. The molecule has 0 saturated carbocycles. The predicted molar refractivity (Wildman–Crippen MR) is 146 cm³/mol. The molecule has 11 nitrogen and oxygen atoms in total. The zero-order valence-electron chi connectivity index (χ0n) is 22.9. The van der Waals surface area contributed by atoms with Crippen molar-refractivity contribution in [1.82, 2.24) is 5.06 Å². The number of hydroxylamine groups is 2. The molecule has 3 aromatic rings. The molecule has 5 rings (SSSR count). The van der Waals surface area contributed by atoms with E-state index in [9.17, 15) is 19.5 Å². The van der Waals surface area contributed by atoms with Crippen LogP contribution < -0.4 is 0 Å². The summed E-state index contributed by atoms with van der Waals surface area (Å²) in [4.78, 5) is 43.0. The van der Waals surface area contributed by atoms with Crippen LogP contribution in [0.4, 0.5) is 0 Å². The Kier molecular flexibility index (Phi) is 9.70. The van der Waals surface area contributed by atoms with Crippen LogP contribution in [-0.2, 0) is 46.5 Å². The van der Waals surface area contributed by atoms with Gasteiger partial charge in [0.25, 0.3) is 11.8 Å². The van der Waals surface area contributed by atoms with Gasteiger partial charge >= 0.3 is 5.97 Å². The van der Waals surface area contributed by atoms with E-state index in [1.165, 1.54) is 7.11 Å². The maximum Gasteiger partial charge on any atom is 0.329 e. The van der Waals surface area contributed by atoms with Gasteiger partial charge in [0.1, 0.15) is 37.6 Å². The minimum absolute atomic E-state index is 0.159. The van der Waals surface area contributed by atoms with Gasteiger partial charge in [-0.15, -0.1) is 5.06 Å². The van der Waals surface area contributed by atoms with Gasteiger partial charge in [0, 0.05) is 7.11 Å². The van der Waals surface area contributed by atoms with E-state index in [1.54, 1.807) is 24.3 Å². The van der Waals surface area contributed by atoms with Crippen LogP contribution in [0.5, 0.6) is 0 Å². The molecule has 1 saturated heterocycles. The number of imide groups is 1. The minimum atomic E-state index is -1.18. The molecule has 0 bridgehead atoms. The summed E-state index contributed by atoms with van der Waals surface area (Å²) >= 11 is 0. The lowest BCUT2D eigenvalue weighted by Gasteiger charge is -2.45. The number of hydrogen-bond donors (Lipinski definition) is 1. The molecular weight excluding hydrogens is 546 g/mol. The van der Waals surface area contributed by atoms with Crippen LogP contribution in [0, 0.1) is 0 Å². The van der Waals surface area contributed by atoms with Crippen LogP contribution in [0.25, 0.3) is 0 Å². The van der Waals surface area contributed by atoms with Crippen molar-refractivity contribution in [1.29, 1.82) is 0 Å². The topological polar surface area (TPSA) is 130 Å². The second kappa shape index (κ2) is 13.8. The van der Waals surface area contributed by atoms with Crippen molar-refractivity contribution in [2.45, 2.75) is 43.9 Å². The molecule has 2 heterocycles. The van der Waals surface area contributed by atoms with Crippen molar-refractivity contribution in [2.75, 3.05) is 20.3 Å². The average molecular weight is 578 g/mol. The SMILES string of the molecule is CO[C@H]1O[C@H](CON2C(=O)c3ccccc3C2=O)[C@@H](OCc2ccccc2)[C@H](OCc2ccccc2)[C@H]1OCC(=O)O. The number of fused-ring (bicyclic) bond motifs is 1. The molecule has 3 aromatic carbocycles. The molecule has 5 atom stereocenters. The van der Waals surface area contributed by atoms with Gasteiger partial charge in [-0.25, -0.2) is 4.79 Å². The van der Waals surface area contributed by atoms with Crippen LogP contribution in [0.15, 0.2) is 84.9 Å². The molecule has 2 amide bonds. The second-order valence-electron chi connectivity index (χ2n) is 9.72. The van der Waals surface area contributed by atoms with E-state index < -0.39 is 55.1 Å². The van der Waals surface area contributed by atoms with E-state index in [-0.39, 0.29) is 30.9 Å². The highest BCUT2D eigenvalue weighted by Gasteiger charge is 2.50. The van der Waals surface area contributed by atoms with Crippen molar-refractivity contribution in [3.63, 3.8) is 0 Å². The lowest BCUT2D eigenvalue weighted by molar-refractivity contribution is -0.325. The average Bonchev–Trinajstić information content (AvgIpc) is 3.26. The van der Waals surface area contributed by atoms with Gasteiger partial charge < -0.3 is 28.8 Å². The van der Waals surface area contributed by atoms with Gasteiger partial charge in [-0.3, -0.25) is 14.4 Å². The fraction of sp³-hybridized carbons (Fsp3) is 0.323. The first-order chi connectivity index (χ1) is 20.5. The van der Waals surface area contributed by atoms with Crippen LogP contribution >= 0.6 is 0 Å². The summed E-state index contributed by atoms with van der Waals surface area (Å²) in [7, 11) is 1.39. The molecule has 2 aliphatic rings. The highest BCUT2D eigenvalue weighted by molar-refractivity contribution is 6.20. The normalized spacial score (nSPS) is 23.6. The fourth-order valence-corrected chi connectivity index (χ4v) is 4.90. The summed E-state index contributed by atoms with van der Waals surface area (Å²) in [6.07, 6.45) is -4.74. The van der Waals surface area contributed by atoms with Gasteiger partial charge in [-0.1, -0.05) is 72.8 Å². The highest BCUT2D eigenvalue weighted by atomic mass is 16.7. The maximum absolute atomic E-state index is 12.9. The van der Waals surface area contributed by atoms with Crippen molar-refractivity contribution in [3.05, 3.63) is 107 Å². The Morgan fingerprint density at radius 2 is 1.29 bits per heavy atom. The number of carbonyl (C=O) groups excluding carboxylic acids is 2. The first kappa shape index (κ1) is 29.5. The molecule has 1 fully saturated rings. The molecule has 220 valence electrons. The third kappa shape index (κ3) is 6.73. The summed E-state index contributed by atoms with van der Waals surface area (Å²) in [5.74, 6) is -2.35. The Hall–Kier alpha value is -3.97. The number of carboxylic acids is 1. The van der Waals surface area contributed by atoms with Crippen LogP contribution in [0.2, 0.25) is 0 Å². The fourth-order valence-electron chi connectivity index (χ4n) is 4.90. The first-order valence-corrected chi connectivity index (χ1v) is 13.4. The quantitative estimate of drug-likeness (QED) is 0.302. The van der Waals surface area contributed by atoms with Crippen molar-refractivity contribution >= 4 is 17.8 Å². The molecule has 42 heavy (non-hydrogen) atoms. The number of benzene rings is 3. The second-order valence-corrected chi connectivity index (χ2v) is 9.72. The first-order valence-electron chi connectivity index (χ1n) is 13.4. The molecule has 0 aliphatic carbocycles. The van der Waals surface area contributed by atoms with Gasteiger partial charge in [-0.05, 0) is 23.3 Å². The molecule has 0 unspecified atom stereocenters. The molecule has 2 aliphatic heterocycles. The zero-order valence-corrected chi connectivity index (χ0v) is 22.9. The van der Waals surface area contributed by atoms with Crippen molar-refractivity contribution in [3.8, 4) is 0 Å². The van der Waals surface area contributed by atoms with Crippen LogP contribution in [-0.4, -0.2) is 79.0 Å². The number of carboxylic acid groups (broad SMARTS) is 1. The summed E-state index contributed by atoms with van der Waals surface area (Å²) in [5, 5.41) is 10.0.